The van der Waals surface area contributed by atoms with Crippen LogP contribution in [0.25, 0.3) is 0 Å². The molecule has 4 nitrogen and oxygen atoms in total. The lowest BCUT2D eigenvalue weighted by atomic mass is 10.2. The van der Waals surface area contributed by atoms with Crippen molar-refractivity contribution in [2.24, 2.45) is 0 Å². The third kappa shape index (κ3) is 2.59. The first-order valence-corrected chi connectivity index (χ1v) is 6.61. The molecule has 1 N–H and O–H groups in total. The van der Waals surface area contributed by atoms with Crippen molar-refractivity contribution < 1.29 is 4.79 Å². The third-order valence-corrected chi connectivity index (χ3v) is 3.28. The summed E-state index contributed by atoms with van der Waals surface area (Å²) in [6, 6.07) is 7.42. The number of nitrogens with one attached hydrogen (secondary N) is 1. The molecule has 0 aliphatic heterocycles. The number of rotatable bonds is 3. The van der Waals surface area contributed by atoms with Crippen LogP contribution in [0.15, 0.2) is 34.7 Å². The number of carbonyl (C=O) groups is 1. The molecule has 1 aromatic carbocycles. The van der Waals surface area contributed by atoms with E-state index in [0.717, 1.165) is 4.90 Å². The van der Waals surface area contributed by atoms with E-state index in [1.54, 1.807) is 29.4 Å². The smallest absolute Gasteiger partial charge is 0.257 e. The molecule has 0 aliphatic carbocycles. The molecule has 16 heavy (non-hydrogen) atoms. The summed E-state index contributed by atoms with van der Waals surface area (Å²) in [5.41, 5.74) is 2.19. The number of thioether (sulfide) groups is 1. The summed E-state index contributed by atoms with van der Waals surface area (Å²) in [5, 5.41) is 10.6. The van der Waals surface area contributed by atoms with E-state index < -0.39 is 0 Å². The lowest BCUT2D eigenvalue weighted by Gasteiger charge is -2.01. The minimum atomic E-state index is -0.163. The summed E-state index contributed by atoms with van der Waals surface area (Å²) in [7, 11) is 0. The number of hydrogen-bond acceptors (Lipinski definition) is 5. The zero-order chi connectivity index (χ0) is 11.4. The quantitative estimate of drug-likeness (QED) is 0.852. The zero-order valence-electron chi connectivity index (χ0n) is 8.51. The monoisotopic (exact) mass is 251 g/mol. The van der Waals surface area contributed by atoms with Crippen LogP contribution >= 0.6 is 23.1 Å². The molecule has 1 amide bonds. The fourth-order valence-corrected chi connectivity index (χ4v) is 1.99. The van der Waals surface area contributed by atoms with Crippen LogP contribution < -0.4 is 5.32 Å². The van der Waals surface area contributed by atoms with Gasteiger partial charge in [0.25, 0.3) is 5.91 Å². The topological polar surface area (TPSA) is 54.9 Å². The molecule has 6 heteroatoms. The largest absolute Gasteiger partial charge is 0.296 e. The average Bonchev–Trinajstić information content (AvgIpc) is 2.82. The molecule has 0 saturated carbocycles. The van der Waals surface area contributed by atoms with E-state index in [0.29, 0.717) is 10.7 Å². The summed E-state index contributed by atoms with van der Waals surface area (Å²) in [6.45, 7) is 0. The Kier molecular flexibility index (Phi) is 3.53. The molecule has 0 fully saturated rings. The van der Waals surface area contributed by atoms with Gasteiger partial charge in [0, 0.05) is 10.5 Å². The van der Waals surface area contributed by atoms with Gasteiger partial charge < -0.3 is 0 Å². The second-order valence-electron chi connectivity index (χ2n) is 2.93. The summed E-state index contributed by atoms with van der Waals surface area (Å²) in [5.74, 6) is -0.163. The van der Waals surface area contributed by atoms with E-state index in [1.807, 2.05) is 18.4 Å². The maximum Gasteiger partial charge on any atom is 0.257 e. The predicted octanol–water partition coefficient (Wildman–Crippen LogP) is 2.51. The third-order valence-electron chi connectivity index (χ3n) is 1.93. The van der Waals surface area contributed by atoms with Crippen molar-refractivity contribution in [1.82, 2.24) is 10.2 Å². The van der Waals surface area contributed by atoms with E-state index >= 15 is 0 Å². The Bertz CT molecular complexity index is 467. The minimum Gasteiger partial charge on any atom is -0.296 e. The second-order valence-corrected chi connectivity index (χ2v) is 4.64. The van der Waals surface area contributed by atoms with Gasteiger partial charge in [0.15, 0.2) is 0 Å². The van der Waals surface area contributed by atoms with Gasteiger partial charge in [0.1, 0.15) is 5.51 Å². The summed E-state index contributed by atoms with van der Waals surface area (Å²) >= 11 is 2.94. The van der Waals surface area contributed by atoms with Gasteiger partial charge in [-0.3, -0.25) is 10.1 Å². The predicted molar refractivity (Wildman–Crippen MR) is 66.1 cm³/mol. The molecule has 0 bridgehead atoms. The second kappa shape index (κ2) is 5.09. The molecule has 0 radical (unpaired) electrons. The highest BCUT2D eigenvalue weighted by molar-refractivity contribution is 7.98. The maximum absolute atomic E-state index is 11.7. The van der Waals surface area contributed by atoms with Crippen LogP contribution in [0.3, 0.4) is 0 Å². The molecule has 0 aliphatic rings. The standard InChI is InChI=1S/C10H9N3OS2/c1-15-8-4-2-7(3-5-8)9(14)12-10-13-11-6-16-10/h2-6H,1H3,(H,12,13,14). The van der Waals surface area contributed by atoms with E-state index in [-0.39, 0.29) is 5.91 Å². The van der Waals surface area contributed by atoms with E-state index in [2.05, 4.69) is 15.5 Å². The van der Waals surface area contributed by atoms with Crippen LogP contribution in [0.5, 0.6) is 0 Å². The highest BCUT2D eigenvalue weighted by atomic mass is 32.2. The Morgan fingerprint density at radius 2 is 2.12 bits per heavy atom. The fourth-order valence-electron chi connectivity index (χ4n) is 1.14. The lowest BCUT2D eigenvalue weighted by Crippen LogP contribution is -2.11. The molecule has 1 aromatic heterocycles. The molecule has 2 aromatic rings. The fraction of sp³-hybridized carbons (Fsp3) is 0.100. The lowest BCUT2D eigenvalue weighted by molar-refractivity contribution is 0.102. The number of amides is 1. The first-order chi connectivity index (χ1) is 7.79. The number of hydrogen-bond donors (Lipinski definition) is 1. The normalized spacial score (nSPS) is 10.1. The summed E-state index contributed by atoms with van der Waals surface area (Å²) < 4.78 is 0. The first kappa shape index (κ1) is 11.1. The Morgan fingerprint density at radius 1 is 1.38 bits per heavy atom. The molecule has 0 atom stereocenters. The Balaban J connectivity index is 2.09. The number of aromatic nitrogens is 2. The van der Waals surface area contributed by atoms with Crippen LogP contribution in [0.4, 0.5) is 5.13 Å². The number of anilines is 1. The molecule has 82 valence electrons. The van der Waals surface area contributed by atoms with Crippen molar-refractivity contribution in [3.8, 4) is 0 Å². The molecular formula is C10H9N3OS2. The molecule has 0 unspecified atom stereocenters. The Morgan fingerprint density at radius 3 is 2.69 bits per heavy atom. The number of carbonyl (C=O) groups excluding carboxylic acids is 1. The van der Waals surface area contributed by atoms with Gasteiger partial charge in [-0.05, 0) is 30.5 Å². The van der Waals surface area contributed by atoms with E-state index in [4.69, 9.17) is 0 Å². The minimum absolute atomic E-state index is 0.163. The SMILES string of the molecule is CSc1ccc(C(=O)Nc2nncs2)cc1. The molecule has 0 saturated heterocycles. The average molecular weight is 251 g/mol. The van der Waals surface area contributed by atoms with Crippen LogP contribution in [-0.4, -0.2) is 22.4 Å². The molecular weight excluding hydrogens is 242 g/mol. The highest BCUT2D eigenvalue weighted by Gasteiger charge is 2.07. The number of benzene rings is 1. The van der Waals surface area contributed by atoms with Gasteiger partial charge in [-0.1, -0.05) is 11.3 Å². The van der Waals surface area contributed by atoms with Crippen LogP contribution in [-0.2, 0) is 0 Å². The van der Waals surface area contributed by atoms with Gasteiger partial charge >= 0.3 is 0 Å². The maximum atomic E-state index is 11.7. The van der Waals surface area contributed by atoms with Gasteiger partial charge in [0.05, 0.1) is 0 Å². The summed E-state index contributed by atoms with van der Waals surface area (Å²) in [4.78, 5) is 12.9. The van der Waals surface area contributed by atoms with Gasteiger partial charge in [0.2, 0.25) is 5.13 Å². The first-order valence-electron chi connectivity index (χ1n) is 4.51. The number of nitrogens with zero attached hydrogens (tertiary/aromatic N) is 2. The summed E-state index contributed by atoms with van der Waals surface area (Å²) in [6.07, 6.45) is 2.00. The van der Waals surface area contributed by atoms with Crippen LogP contribution in [0.2, 0.25) is 0 Å². The van der Waals surface area contributed by atoms with Crippen molar-refractivity contribution in [2.75, 3.05) is 11.6 Å². The van der Waals surface area contributed by atoms with Gasteiger partial charge in [-0.25, -0.2) is 0 Å². The van der Waals surface area contributed by atoms with Crippen molar-refractivity contribution in [3.05, 3.63) is 35.3 Å². The van der Waals surface area contributed by atoms with Crippen molar-refractivity contribution >= 4 is 34.1 Å². The molecule has 0 spiro atoms. The van der Waals surface area contributed by atoms with Gasteiger partial charge in [-0.15, -0.1) is 22.0 Å². The van der Waals surface area contributed by atoms with Gasteiger partial charge in [-0.2, -0.15) is 0 Å². The van der Waals surface area contributed by atoms with E-state index in [9.17, 15) is 4.79 Å². The Hall–Kier alpha value is -1.40. The van der Waals surface area contributed by atoms with Crippen LogP contribution in [0, 0.1) is 0 Å². The van der Waals surface area contributed by atoms with Crippen molar-refractivity contribution in [2.45, 2.75) is 4.90 Å². The highest BCUT2D eigenvalue weighted by Crippen LogP contribution is 2.16. The van der Waals surface area contributed by atoms with Crippen LogP contribution in [0.1, 0.15) is 10.4 Å². The zero-order valence-corrected chi connectivity index (χ0v) is 10.1. The van der Waals surface area contributed by atoms with Crippen molar-refractivity contribution in [3.63, 3.8) is 0 Å². The molecule has 2 rings (SSSR count). The molecule has 1 heterocycles. The van der Waals surface area contributed by atoms with Crippen molar-refractivity contribution in [1.29, 1.82) is 0 Å². The Labute approximate surface area is 101 Å². The van der Waals surface area contributed by atoms with E-state index in [1.165, 1.54) is 11.3 Å².